The number of hydrogen-bond donors (Lipinski definition) is 3. The van der Waals surface area contributed by atoms with Gasteiger partial charge in [0.15, 0.2) is 9.92 Å². The number of urea groups is 1. The normalized spacial score (nSPS) is 21.8. The van der Waals surface area contributed by atoms with Crippen LogP contribution in [0.3, 0.4) is 0 Å². The molecule has 0 spiro atoms. The van der Waals surface area contributed by atoms with Crippen LogP contribution in [0, 0.1) is 0 Å². The van der Waals surface area contributed by atoms with Crippen LogP contribution in [0.5, 0.6) is 0 Å². The summed E-state index contributed by atoms with van der Waals surface area (Å²) >= 11 is 1.07. The molecule has 30 heavy (non-hydrogen) atoms. The average molecular weight is 446 g/mol. The molecule has 2 aliphatic carbocycles. The Morgan fingerprint density at radius 1 is 1.17 bits per heavy atom. The summed E-state index contributed by atoms with van der Waals surface area (Å²) < 4.78 is 19.7. The summed E-state index contributed by atoms with van der Waals surface area (Å²) in [6.45, 7) is 3.18. The number of anilines is 1. The van der Waals surface area contributed by atoms with E-state index in [9.17, 15) is 18.9 Å². The van der Waals surface area contributed by atoms with Gasteiger partial charge in [-0.15, -0.1) is 15.7 Å². The molecule has 1 atom stereocenters. The molecule has 5 rings (SSSR count). The molecule has 1 aliphatic heterocycles. The fraction of sp³-hybridized carbons (Fsp3) is 0.429. The summed E-state index contributed by atoms with van der Waals surface area (Å²) in [4.78, 5) is 26.1. The molecule has 3 aliphatic rings. The summed E-state index contributed by atoms with van der Waals surface area (Å²) in [5.41, 5.74) is 4.51. The van der Waals surface area contributed by atoms with E-state index in [-0.39, 0.29) is 9.77 Å². The fourth-order valence-electron chi connectivity index (χ4n) is 4.55. The second-order valence-electron chi connectivity index (χ2n) is 8.58. The predicted molar refractivity (Wildman–Crippen MR) is 115 cm³/mol. The average Bonchev–Trinajstić information content (AvgIpc) is 3.40. The predicted octanol–water partition coefficient (Wildman–Crippen LogP) is 3.67. The number of rotatable bonds is 2. The first-order chi connectivity index (χ1) is 14.2. The van der Waals surface area contributed by atoms with Crippen LogP contribution < -0.4 is 10.0 Å². The molecular formula is C21H23N3O4S2. The van der Waals surface area contributed by atoms with Gasteiger partial charge in [-0.25, -0.2) is 9.00 Å². The van der Waals surface area contributed by atoms with E-state index in [4.69, 9.17) is 0 Å². The monoisotopic (exact) mass is 445 g/mol. The number of carbonyl (C=O) groups excluding carboxylic acids is 2. The Morgan fingerprint density at radius 2 is 1.80 bits per heavy atom. The molecule has 0 bridgehead atoms. The molecule has 0 saturated carbocycles. The number of nitrogens with one attached hydrogen (secondary N) is 2. The van der Waals surface area contributed by atoms with Crippen molar-refractivity contribution in [3.8, 4) is 0 Å². The van der Waals surface area contributed by atoms with Crippen molar-refractivity contribution in [2.45, 2.75) is 62.9 Å². The number of aliphatic hydroxyl groups is 1. The lowest BCUT2D eigenvalue weighted by Gasteiger charge is -2.15. The zero-order chi connectivity index (χ0) is 21.3. The van der Waals surface area contributed by atoms with E-state index in [1.165, 1.54) is 17.2 Å². The maximum absolute atomic E-state index is 13.4. The van der Waals surface area contributed by atoms with Gasteiger partial charge < -0.3 is 10.4 Å². The number of benzene rings is 1. The minimum atomic E-state index is -3.44. The van der Waals surface area contributed by atoms with E-state index >= 15 is 0 Å². The van der Waals surface area contributed by atoms with Crippen LogP contribution in [-0.4, -0.2) is 21.3 Å². The number of carbonyl (C=O) groups is 2. The summed E-state index contributed by atoms with van der Waals surface area (Å²) in [6.07, 6.45) is 5.95. The molecule has 1 aromatic carbocycles. The highest BCUT2D eigenvalue weighted by molar-refractivity contribution is 7.93. The summed E-state index contributed by atoms with van der Waals surface area (Å²) in [7, 11) is -3.44. The Morgan fingerprint density at radius 3 is 2.40 bits per heavy atom. The second-order valence-corrected chi connectivity index (χ2v) is 11.5. The number of thiophene rings is 1. The number of hydrogen-bond acceptors (Lipinski definition) is 5. The van der Waals surface area contributed by atoms with Gasteiger partial charge >= 0.3 is 6.03 Å². The molecule has 0 saturated heterocycles. The van der Waals surface area contributed by atoms with Crippen LogP contribution in [0.2, 0.25) is 0 Å². The van der Waals surface area contributed by atoms with Crippen LogP contribution in [0.25, 0.3) is 0 Å². The van der Waals surface area contributed by atoms with Crippen LogP contribution in [0.1, 0.15) is 63.5 Å². The molecule has 0 radical (unpaired) electrons. The highest BCUT2D eigenvalue weighted by atomic mass is 32.2. The Hall–Kier alpha value is -2.23. The number of fused-ring (bicyclic) bond motifs is 3. The molecule has 2 aromatic rings. The molecular weight excluding hydrogens is 422 g/mol. The first kappa shape index (κ1) is 19.7. The van der Waals surface area contributed by atoms with Gasteiger partial charge in [0.2, 0.25) is 0 Å². The Bertz CT molecular complexity index is 1200. The Balaban J connectivity index is 1.53. The van der Waals surface area contributed by atoms with E-state index in [2.05, 4.69) is 20.5 Å². The van der Waals surface area contributed by atoms with Gasteiger partial charge in [0.05, 0.1) is 10.5 Å². The van der Waals surface area contributed by atoms with Crippen molar-refractivity contribution in [2.24, 2.45) is 4.36 Å². The lowest BCUT2D eigenvalue weighted by molar-refractivity contribution is 0.0824. The minimum absolute atomic E-state index is 0.174. The second kappa shape index (κ2) is 6.63. The first-order valence-corrected chi connectivity index (χ1v) is 12.4. The Labute approximate surface area is 179 Å². The van der Waals surface area contributed by atoms with Crippen molar-refractivity contribution >= 4 is 38.9 Å². The molecule has 2 heterocycles. The molecule has 0 fully saturated rings. The lowest BCUT2D eigenvalue weighted by Crippen LogP contribution is -2.24. The molecule has 158 valence electrons. The highest BCUT2D eigenvalue weighted by Gasteiger charge is 2.37. The summed E-state index contributed by atoms with van der Waals surface area (Å²) in [5, 5.41) is 13.1. The van der Waals surface area contributed by atoms with Crippen molar-refractivity contribution in [3.05, 3.63) is 44.1 Å². The van der Waals surface area contributed by atoms with Crippen LogP contribution in [0.4, 0.5) is 10.5 Å². The van der Waals surface area contributed by atoms with Crippen LogP contribution in [0.15, 0.2) is 21.4 Å². The molecule has 3 amide bonds. The van der Waals surface area contributed by atoms with Gasteiger partial charge in [0.25, 0.3) is 5.91 Å². The maximum Gasteiger partial charge on any atom is 0.355 e. The highest BCUT2D eigenvalue weighted by Crippen LogP contribution is 2.40. The first-order valence-electron chi connectivity index (χ1n) is 10.1. The minimum Gasteiger partial charge on any atom is -0.385 e. The van der Waals surface area contributed by atoms with Gasteiger partial charge in [0, 0.05) is 10.6 Å². The van der Waals surface area contributed by atoms with Gasteiger partial charge in [-0.1, -0.05) is 6.07 Å². The SMILES string of the molecule is CC(C)(O)c1cc2c(s1)C(=O)NS2(=O)=NC(=O)Nc1c2c(cc3c1CCC3)CCC2. The van der Waals surface area contributed by atoms with Crippen molar-refractivity contribution in [3.63, 3.8) is 0 Å². The van der Waals surface area contributed by atoms with E-state index in [1.54, 1.807) is 13.8 Å². The quantitative estimate of drug-likeness (QED) is 0.655. The van der Waals surface area contributed by atoms with Gasteiger partial charge in [-0.2, -0.15) is 0 Å². The smallest absolute Gasteiger partial charge is 0.355 e. The summed E-state index contributed by atoms with van der Waals surface area (Å²) in [6, 6.07) is 3.05. The third-order valence-electron chi connectivity index (χ3n) is 5.95. The number of aryl methyl sites for hydroxylation is 2. The van der Waals surface area contributed by atoms with Crippen molar-refractivity contribution < 1.29 is 18.9 Å². The molecule has 1 unspecified atom stereocenters. The standard InChI is InChI=1S/C21H23N3O4S2/c1-21(2,27)16-10-15-18(29-16)19(25)23-30(15,28)24-20(26)22-17-13-7-3-5-11(13)9-12-6-4-8-14(12)17/h9-10,27H,3-8H2,1-2H3,(H2,22,23,24,25,26,28). The topological polar surface area (TPSA) is 108 Å². The van der Waals surface area contributed by atoms with E-state index < -0.39 is 27.5 Å². The van der Waals surface area contributed by atoms with Gasteiger partial charge in [0.1, 0.15) is 4.88 Å². The molecule has 7 nitrogen and oxygen atoms in total. The third kappa shape index (κ3) is 3.07. The van der Waals surface area contributed by atoms with Crippen LogP contribution in [-0.2, 0) is 41.2 Å². The van der Waals surface area contributed by atoms with Crippen molar-refractivity contribution in [1.82, 2.24) is 4.72 Å². The van der Waals surface area contributed by atoms with Crippen LogP contribution >= 0.6 is 11.3 Å². The van der Waals surface area contributed by atoms with Crippen molar-refractivity contribution in [2.75, 3.05) is 5.32 Å². The van der Waals surface area contributed by atoms with Gasteiger partial charge in [-0.05, 0) is 80.7 Å². The largest absolute Gasteiger partial charge is 0.385 e. The molecule has 9 heteroatoms. The Kier molecular flexibility index (Phi) is 4.36. The summed E-state index contributed by atoms with van der Waals surface area (Å²) in [5.74, 6) is -0.534. The number of amides is 3. The van der Waals surface area contributed by atoms with E-state index in [0.29, 0.717) is 4.88 Å². The van der Waals surface area contributed by atoms with Crippen molar-refractivity contribution in [1.29, 1.82) is 0 Å². The molecule has 3 N–H and O–H groups in total. The molecule has 1 aromatic heterocycles. The lowest BCUT2D eigenvalue weighted by atomic mass is 9.99. The zero-order valence-electron chi connectivity index (χ0n) is 16.8. The zero-order valence-corrected chi connectivity index (χ0v) is 18.5. The fourth-order valence-corrected chi connectivity index (χ4v) is 7.61. The van der Waals surface area contributed by atoms with E-state index in [1.807, 2.05) is 0 Å². The van der Waals surface area contributed by atoms with E-state index in [0.717, 1.165) is 66.7 Å². The maximum atomic E-state index is 13.4. The third-order valence-corrected chi connectivity index (χ3v) is 9.33. The number of nitrogens with zero attached hydrogens (tertiary/aromatic N) is 1. The van der Waals surface area contributed by atoms with Gasteiger partial charge in [-0.3, -0.25) is 9.52 Å².